The van der Waals surface area contributed by atoms with E-state index in [1.807, 2.05) is 60.0 Å². The zero-order chi connectivity index (χ0) is 17.9. The highest BCUT2D eigenvalue weighted by atomic mass is 32.2. The summed E-state index contributed by atoms with van der Waals surface area (Å²) in [4.78, 5) is 12.3. The van der Waals surface area contributed by atoms with Gasteiger partial charge in [0.15, 0.2) is 22.4 Å². The number of ether oxygens (including phenoxy) is 2. The molecule has 0 atom stereocenters. The van der Waals surface area contributed by atoms with E-state index in [1.54, 1.807) is 0 Å². The summed E-state index contributed by atoms with van der Waals surface area (Å²) in [7, 11) is 0. The van der Waals surface area contributed by atoms with E-state index in [1.165, 1.54) is 11.8 Å². The van der Waals surface area contributed by atoms with Crippen molar-refractivity contribution in [2.75, 3.05) is 19.0 Å². The third kappa shape index (κ3) is 3.30. The summed E-state index contributed by atoms with van der Waals surface area (Å²) >= 11 is 1.37. The van der Waals surface area contributed by atoms with Gasteiger partial charge in [-0.15, -0.1) is 10.2 Å². The van der Waals surface area contributed by atoms with Gasteiger partial charge in [-0.2, -0.15) is 0 Å². The van der Waals surface area contributed by atoms with Crippen molar-refractivity contribution in [2.24, 2.45) is 0 Å². The number of ketones is 1. The van der Waals surface area contributed by atoms with Crippen molar-refractivity contribution >= 4 is 17.5 Å². The minimum Gasteiger partial charge on any atom is -0.486 e. The van der Waals surface area contributed by atoms with E-state index < -0.39 is 0 Å². The topological polar surface area (TPSA) is 66.2 Å². The highest BCUT2D eigenvalue weighted by Gasteiger charge is 2.17. The van der Waals surface area contributed by atoms with Gasteiger partial charge in [-0.25, -0.2) is 0 Å². The number of aryl methyl sites for hydroxylation is 1. The average Bonchev–Trinajstić information content (AvgIpc) is 3.07. The Morgan fingerprint density at radius 3 is 2.65 bits per heavy atom. The SMILES string of the molecule is Cc1nnc(SCC(=O)c2ccccc2)n1-c1ccc2c(c1)OCCO2. The van der Waals surface area contributed by atoms with Crippen molar-refractivity contribution in [3.05, 3.63) is 59.9 Å². The summed E-state index contributed by atoms with van der Waals surface area (Å²) in [5.74, 6) is 2.55. The van der Waals surface area contributed by atoms with Gasteiger partial charge in [-0.05, 0) is 19.1 Å². The number of benzene rings is 2. The van der Waals surface area contributed by atoms with Crippen molar-refractivity contribution in [1.29, 1.82) is 0 Å². The summed E-state index contributed by atoms with van der Waals surface area (Å²) < 4.78 is 13.1. The molecule has 0 fully saturated rings. The molecule has 0 aliphatic carbocycles. The second-order valence-electron chi connectivity index (χ2n) is 5.77. The first-order chi connectivity index (χ1) is 12.7. The highest BCUT2D eigenvalue weighted by Crippen LogP contribution is 2.33. The third-order valence-corrected chi connectivity index (χ3v) is 4.94. The Morgan fingerprint density at radius 2 is 1.85 bits per heavy atom. The van der Waals surface area contributed by atoms with E-state index in [-0.39, 0.29) is 5.78 Å². The van der Waals surface area contributed by atoms with Gasteiger partial charge in [0.05, 0.1) is 11.4 Å². The van der Waals surface area contributed by atoms with E-state index >= 15 is 0 Å². The van der Waals surface area contributed by atoms with Crippen LogP contribution in [0.4, 0.5) is 0 Å². The Morgan fingerprint density at radius 1 is 1.08 bits per heavy atom. The lowest BCUT2D eigenvalue weighted by Gasteiger charge is -2.19. The maximum atomic E-state index is 12.3. The van der Waals surface area contributed by atoms with Crippen LogP contribution in [0.25, 0.3) is 5.69 Å². The molecular weight excluding hydrogens is 350 g/mol. The largest absolute Gasteiger partial charge is 0.486 e. The first-order valence-electron chi connectivity index (χ1n) is 8.25. The Balaban J connectivity index is 1.57. The predicted molar refractivity (Wildman–Crippen MR) is 98.6 cm³/mol. The molecule has 2 aromatic carbocycles. The van der Waals surface area contributed by atoms with Gasteiger partial charge in [0, 0.05) is 11.6 Å². The number of rotatable bonds is 5. The summed E-state index contributed by atoms with van der Waals surface area (Å²) in [5, 5.41) is 9.06. The van der Waals surface area contributed by atoms with E-state index in [2.05, 4.69) is 10.2 Å². The minimum absolute atomic E-state index is 0.0602. The summed E-state index contributed by atoms with van der Waals surface area (Å²) in [6, 6.07) is 15.0. The van der Waals surface area contributed by atoms with E-state index in [4.69, 9.17) is 9.47 Å². The molecule has 6 nitrogen and oxygen atoms in total. The van der Waals surface area contributed by atoms with Crippen LogP contribution in [0.1, 0.15) is 16.2 Å². The maximum Gasteiger partial charge on any atom is 0.196 e. The van der Waals surface area contributed by atoms with Crippen LogP contribution in [0.5, 0.6) is 11.5 Å². The number of fused-ring (bicyclic) bond motifs is 1. The van der Waals surface area contributed by atoms with Crippen LogP contribution < -0.4 is 9.47 Å². The van der Waals surface area contributed by atoms with Crippen molar-refractivity contribution in [1.82, 2.24) is 14.8 Å². The van der Waals surface area contributed by atoms with Crippen LogP contribution in [0.2, 0.25) is 0 Å². The second kappa shape index (κ2) is 7.21. The van der Waals surface area contributed by atoms with Gasteiger partial charge >= 0.3 is 0 Å². The molecule has 0 saturated carbocycles. The number of nitrogens with zero attached hydrogens (tertiary/aromatic N) is 3. The van der Waals surface area contributed by atoms with Crippen LogP contribution in [0.15, 0.2) is 53.7 Å². The monoisotopic (exact) mass is 367 g/mol. The number of Topliss-reactive ketones (excluding diaryl/α,β-unsaturated/α-hetero) is 1. The van der Waals surface area contributed by atoms with Gasteiger partial charge in [0.1, 0.15) is 19.0 Å². The fraction of sp³-hybridized carbons (Fsp3) is 0.211. The summed E-state index contributed by atoms with van der Waals surface area (Å²) in [5.41, 5.74) is 1.58. The fourth-order valence-electron chi connectivity index (χ4n) is 2.74. The molecule has 26 heavy (non-hydrogen) atoms. The summed E-state index contributed by atoms with van der Waals surface area (Å²) in [6.07, 6.45) is 0. The Kier molecular flexibility index (Phi) is 4.62. The molecule has 3 aromatic rings. The molecule has 1 aliphatic heterocycles. The number of hydrogen-bond donors (Lipinski definition) is 0. The average molecular weight is 367 g/mol. The lowest BCUT2D eigenvalue weighted by atomic mass is 10.2. The Labute approximate surface area is 155 Å². The first kappa shape index (κ1) is 16.7. The lowest BCUT2D eigenvalue weighted by molar-refractivity contribution is 0.102. The van der Waals surface area contributed by atoms with Crippen LogP contribution in [-0.2, 0) is 0 Å². The van der Waals surface area contributed by atoms with Crippen LogP contribution in [-0.4, -0.2) is 39.5 Å². The molecule has 0 spiro atoms. The van der Waals surface area contributed by atoms with E-state index in [0.29, 0.717) is 35.4 Å². The van der Waals surface area contributed by atoms with Gasteiger partial charge in [0.25, 0.3) is 0 Å². The minimum atomic E-state index is 0.0602. The third-order valence-electron chi connectivity index (χ3n) is 4.01. The molecule has 0 bridgehead atoms. The van der Waals surface area contributed by atoms with Gasteiger partial charge in [-0.1, -0.05) is 42.1 Å². The standard InChI is InChI=1S/C19H17N3O3S/c1-13-20-21-19(26-12-16(23)14-5-3-2-4-6-14)22(13)15-7-8-17-18(11-15)25-10-9-24-17/h2-8,11H,9-10,12H2,1H3. The number of hydrogen-bond acceptors (Lipinski definition) is 6. The number of carbonyl (C=O) groups is 1. The van der Waals surface area contributed by atoms with E-state index in [0.717, 1.165) is 17.3 Å². The molecule has 2 heterocycles. The molecule has 1 aliphatic rings. The van der Waals surface area contributed by atoms with Crippen molar-refractivity contribution in [3.8, 4) is 17.2 Å². The molecule has 7 heteroatoms. The number of thioether (sulfide) groups is 1. The zero-order valence-corrected chi connectivity index (χ0v) is 15.0. The smallest absolute Gasteiger partial charge is 0.196 e. The number of aromatic nitrogens is 3. The lowest BCUT2D eigenvalue weighted by Crippen LogP contribution is -2.15. The van der Waals surface area contributed by atoms with Gasteiger partial charge < -0.3 is 9.47 Å². The Bertz CT molecular complexity index is 940. The molecule has 0 radical (unpaired) electrons. The predicted octanol–water partition coefficient (Wildman–Crippen LogP) is 3.32. The summed E-state index contributed by atoms with van der Waals surface area (Å²) in [6.45, 7) is 2.97. The fourth-order valence-corrected chi connectivity index (χ4v) is 3.63. The second-order valence-corrected chi connectivity index (χ2v) is 6.71. The maximum absolute atomic E-state index is 12.3. The van der Waals surface area contributed by atoms with Crippen LogP contribution >= 0.6 is 11.8 Å². The van der Waals surface area contributed by atoms with E-state index in [9.17, 15) is 4.79 Å². The number of carbonyl (C=O) groups excluding carboxylic acids is 1. The first-order valence-corrected chi connectivity index (χ1v) is 9.24. The molecule has 132 valence electrons. The van der Waals surface area contributed by atoms with Crippen molar-refractivity contribution < 1.29 is 14.3 Å². The van der Waals surface area contributed by atoms with Crippen LogP contribution in [0, 0.1) is 6.92 Å². The molecule has 0 N–H and O–H groups in total. The molecule has 1 aromatic heterocycles. The van der Waals surface area contributed by atoms with Crippen LogP contribution in [0.3, 0.4) is 0 Å². The Hall–Kier alpha value is -2.80. The molecule has 0 saturated heterocycles. The molecular formula is C19H17N3O3S. The molecule has 4 rings (SSSR count). The van der Waals surface area contributed by atoms with Gasteiger partial charge in [0.2, 0.25) is 0 Å². The normalized spacial score (nSPS) is 12.8. The van der Waals surface area contributed by atoms with Gasteiger partial charge in [-0.3, -0.25) is 9.36 Å². The van der Waals surface area contributed by atoms with Crippen molar-refractivity contribution in [3.63, 3.8) is 0 Å². The quantitative estimate of drug-likeness (QED) is 0.509. The zero-order valence-electron chi connectivity index (χ0n) is 14.2. The van der Waals surface area contributed by atoms with Crippen molar-refractivity contribution in [2.45, 2.75) is 12.1 Å². The molecule has 0 amide bonds. The molecule has 0 unspecified atom stereocenters. The highest BCUT2D eigenvalue weighted by molar-refractivity contribution is 7.99.